The van der Waals surface area contributed by atoms with Crippen molar-refractivity contribution in [2.24, 2.45) is 0 Å². The first-order chi connectivity index (χ1) is 13.9. The van der Waals surface area contributed by atoms with E-state index in [-0.39, 0.29) is 16.2 Å². The number of hydrogen-bond donors (Lipinski definition) is 1. The van der Waals surface area contributed by atoms with Gasteiger partial charge in [-0.25, -0.2) is 8.42 Å². The Balaban J connectivity index is 1.47. The van der Waals surface area contributed by atoms with E-state index in [0.29, 0.717) is 12.2 Å². The number of H-pyrrole nitrogens is 1. The van der Waals surface area contributed by atoms with Gasteiger partial charge in [0.2, 0.25) is 0 Å². The largest absolute Gasteiger partial charge is 0.315 e. The maximum absolute atomic E-state index is 12.9. The Hall–Kier alpha value is -2.48. The van der Waals surface area contributed by atoms with Crippen molar-refractivity contribution < 1.29 is 8.42 Å². The van der Waals surface area contributed by atoms with Crippen LogP contribution in [-0.4, -0.2) is 33.4 Å². The molecule has 0 saturated heterocycles. The monoisotopic (exact) mass is 411 g/mol. The number of aryl methyl sites for hydroxylation is 2. The second-order valence-electron chi connectivity index (χ2n) is 8.32. The SMILES string of the molecule is CC(C)n1ccc(S(=O)(=O)c2nnc(Cc3c4c(cc5c3CCC5)CCC4)[nH]2)n1. The number of sulfone groups is 1. The molecule has 29 heavy (non-hydrogen) atoms. The Morgan fingerprint density at radius 2 is 1.76 bits per heavy atom. The highest BCUT2D eigenvalue weighted by Crippen LogP contribution is 2.36. The molecule has 1 N–H and O–H groups in total. The molecule has 0 bridgehead atoms. The third-order valence-corrected chi connectivity index (χ3v) is 7.56. The molecule has 3 aromatic rings. The summed E-state index contributed by atoms with van der Waals surface area (Å²) in [6.45, 7) is 3.90. The van der Waals surface area contributed by atoms with E-state index in [1.54, 1.807) is 10.9 Å². The van der Waals surface area contributed by atoms with Crippen LogP contribution >= 0.6 is 0 Å². The first-order valence-corrected chi connectivity index (χ1v) is 11.8. The van der Waals surface area contributed by atoms with Crippen molar-refractivity contribution in [1.29, 1.82) is 0 Å². The molecule has 2 aliphatic rings. The van der Waals surface area contributed by atoms with Crippen molar-refractivity contribution in [1.82, 2.24) is 25.0 Å². The van der Waals surface area contributed by atoms with Crippen LogP contribution in [0.5, 0.6) is 0 Å². The first-order valence-electron chi connectivity index (χ1n) is 10.3. The van der Waals surface area contributed by atoms with Crippen LogP contribution in [0.1, 0.15) is 66.4 Å². The van der Waals surface area contributed by atoms with Crippen molar-refractivity contribution >= 4 is 9.84 Å². The Morgan fingerprint density at radius 3 is 2.38 bits per heavy atom. The normalized spacial score (nSPS) is 15.8. The summed E-state index contributed by atoms with van der Waals surface area (Å²) in [7, 11) is -3.81. The average molecular weight is 412 g/mol. The van der Waals surface area contributed by atoms with Gasteiger partial charge in [-0.2, -0.15) is 5.10 Å². The van der Waals surface area contributed by atoms with Crippen LogP contribution in [0, 0.1) is 0 Å². The van der Waals surface area contributed by atoms with Gasteiger partial charge < -0.3 is 4.98 Å². The Labute approximate surface area is 170 Å². The molecular weight excluding hydrogens is 386 g/mol. The van der Waals surface area contributed by atoms with Gasteiger partial charge in [-0.15, -0.1) is 10.2 Å². The number of nitrogens with zero attached hydrogens (tertiary/aromatic N) is 4. The number of benzene rings is 1. The number of hydrogen-bond acceptors (Lipinski definition) is 5. The highest BCUT2D eigenvalue weighted by atomic mass is 32.2. The highest BCUT2D eigenvalue weighted by Gasteiger charge is 2.28. The van der Waals surface area contributed by atoms with Gasteiger partial charge in [-0.1, -0.05) is 6.07 Å². The summed E-state index contributed by atoms with van der Waals surface area (Å²) in [5.41, 5.74) is 7.17. The number of aromatic amines is 1. The molecular formula is C21H25N5O2S. The molecule has 1 aromatic carbocycles. The zero-order chi connectivity index (χ0) is 20.2. The number of fused-ring (bicyclic) bond motifs is 2. The van der Waals surface area contributed by atoms with Gasteiger partial charge in [0.15, 0.2) is 5.03 Å². The number of aromatic nitrogens is 5. The number of nitrogens with one attached hydrogen (secondary N) is 1. The lowest BCUT2D eigenvalue weighted by molar-refractivity contribution is 0.515. The van der Waals surface area contributed by atoms with Crippen molar-refractivity contribution in [2.75, 3.05) is 0 Å². The molecule has 0 spiro atoms. The molecule has 0 fully saturated rings. The molecule has 0 radical (unpaired) electrons. The standard InChI is InChI=1S/C21H25N5O2S/c1-13(2)26-10-9-20(25-26)29(27,28)21-22-19(23-24-21)12-18-16-7-3-5-14(16)11-15-6-4-8-17(15)18/h9-11,13H,3-8,12H2,1-2H3,(H,22,23,24). The van der Waals surface area contributed by atoms with E-state index in [1.807, 2.05) is 13.8 Å². The van der Waals surface area contributed by atoms with E-state index in [0.717, 1.165) is 25.7 Å². The molecule has 0 amide bonds. The second-order valence-corrected chi connectivity index (χ2v) is 10.1. The highest BCUT2D eigenvalue weighted by molar-refractivity contribution is 7.91. The lowest BCUT2D eigenvalue weighted by Crippen LogP contribution is -2.08. The Morgan fingerprint density at radius 1 is 1.07 bits per heavy atom. The summed E-state index contributed by atoms with van der Waals surface area (Å²) in [6, 6.07) is 4.00. The van der Waals surface area contributed by atoms with Gasteiger partial charge in [-0.3, -0.25) is 4.68 Å². The molecule has 2 aliphatic carbocycles. The van der Waals surface area contributed by atoms with Gasteiger partial charge in [0.1, 0.15) is 5.82 Å². The van der Waals surface area contributed by atoms with Crippen LogP contribution in [0.4, 0.5) is 0 Å². The van der Waals surface area contributed by atoms with Gasteiger partial charge in [0, 0.05) is 18.7 Å². The molecule has 7 nitrogen and oxygen atoms in total. The third-order valence-electron chi connectivity index (χ3n) is 6.10. The van der Waals surface area contributed by atoms with E-state index in [9.17, 15) is 8.42 Å². The van der Waals surface area contributed by atoms with Crippen molar-refractivity contribution in [3.05, 3.63) is 52.0 Å². The second kappa shape index (κ2) is 6.79. The maximum Gasteiger partial charge on any atom is 0.260 e. The summed E-state index contributed by atoms with van der Waals surface area (Å²) >= 11 is 0. The minimum Gasteiger partial charge on any atom is -0.315 e. The molecule has 152 valence electrons. The predicted octanol–water partition coefficient (Wildman–Crippen LogP) is 2.98. The Bertz CT molecular complexity index is 1160. The molecule has 0 unspecified atom stereocenters. The van der Waals surface area contributed by atoms with E-state index in [4.69, 9.17) is 0 Å². The maximum atomic E-state index is 12.9. The van der Waals surface area contributed by atoms with E-state index in [2.05, 4.69) is 26.3 Å². The number of rotatable bonds is 5. The van der Waals surface area contributed by atoms with Crippen LogP contribution < -0.4 is 0 Å². The fourth-order valence-corrected chi connectivity index (χ4v) is 5.69. The van der Waals surface area contributed by atoms with Gasteiger partial charge in [0.25, 0.3) is 15.0 Å². The van der Waals surface area contributed by atoms with Crippen molar-refractivity contribution in [3.63, 3.8) is 0 Å². The van der Waals surface area contributed by atoms with Crippen LogP contribution in [0.15, 0.2) is 28.5 Å². The van der Waals surface area contributed by atoms with Crippen molar-refractivity contribution in [2.45, 2.75) is 75.0 Å². The van der Waals surface area contributed by atoms with Crippen molar-refractivity contribution in [3.8, 4) is 0 Å². The zero-order valence-corrected chi connectivity index (χ0v) is 17.6. The minimum absolute atomic E-state index is 0.00426. The average Bonchev–Trinajstić information content (AvgIpc) is 3.46. The topological polar surface area (TPSA) is 93.5 Å². The van der Waals surface area contributed by atoms with E-state index >= 15 is 0 Å². The molecule has 0 saturated carbocycles. The summed E-state index contributed by atoms with van der Waals surface area (Å²) in [5.74, 6) is 0.598. The molecule has 8 heteroatoms. The fourth-order valence-electron chi connectivity index (χ4n) is 4.65. The molecule has 5 rings (SSSR count). The lowest BCUT2D eigenvalue weighted by Gasteiger charge is -2.14. The smallest absolute Gasteiger partial charge is 0.260 e. The van der Waals surface area contributed by atoms with Crippen LogP contribution in [0.25, 0.3) is 0 Å². The lowest BCUT2D eigenvalue weighted by atomic mass is 9.92. The quantitative estimate of drug-likeness (QED) is 0.697. The summed E-state index contributed by atoms with van der Waals surface area (Å²) in [6.07, 6.45) is 9.15. The van der Waals surface area contributed by atoms with Gasteiger partial charge in [-0.05, 0) is 86.3 Å². The van der Waals surface area contributed by atoms with E-state index in [1.165, 1.54) is 46.7 Å². The first kappa shape index (κ1) is 18.5. The van der Waals surface area contributed by atoms with Gasteiger partial charge in [0.05, 0.1) is 0 Å². The molecule has 0 atom stereocenters. The summed E-state index contributed by atoms with van der Waals surface area (Å²) < 4.78 is 27.4. The molecule has 2 heterocycles. The van der Waals surface area contributed by atoms with Crippen LogP contribution in [0.3, 0.4) is 0 Å². The van der Waals surface area contributed by atoms with Crippen LogP contribution in [-0.2, 0) is 41.9 Å². The molecule has 2 aromatic heterocycles. The third kappa shape index (κ3) is 3.10. The summed E-state index contributed by atoms with van der Waals surface area (Å²) in [4.78, 5) is 2.96. The van der Waals surface area contributed by atoms with Crippen LogP contribution in [0.2, 0.25) is 0 Å². The molecule has 0 aliphatic heterocycles. The minimum atomic E-state index is -3.81. The predicted molar refractivity (Wildman–Crippen MR) is 108 cm³/mol. The zero-order valence-electron chi connectivity index (χ0n) is 16.8. The van der Waals surface area contributed by atoms with Gasteiger partial charge >= 0.3 is 0 Å². The fraction of sp³-hybridized carbons (Fsp3) is 0.476. The van der Waals surface area contributed by atoms with E-state index < -0.39 is 9.84 Å². The summed E-state index contributed by atoms with van der Waals surface area (Å²) in [5, 5.41) is 12.2. The Kier molecular flexibility index (Phi) is 4.34.